The fraction of sp³-hybridized carbons (Fsp3) is 0.333. The summed E-state index contributed by atoms with van der Waals surface area (Å²) < 4.78 is 5.61. The van der Waals surface area contributed by atoms with Crippen molar-refractivity contribution in [2.75, 3.05) is 11.9 Å². The molecule has 1 saturated carbocycles. The van der Waals surface area contributed by atoms with Crippen molar-refractivity contribution in [1.29, 1.82) is 0 Å². The number of rotatable bonds is 6. The van der Waals surface area contributed by atoms with Crippen LogP contribution in [0.5, 0.6) is 5.88 Å². The topological polar surface area (TPSA) is 47.0 Å². The summed E-state index contributed by atoms with van der Waals surface area (Å²) in [6.45, 7) is 1.48. The van der Waals surface area contributed by atoms with Gasteiger partial charge in [-0.25, -0.2) is 9.97 Å². The quantitative estimate of drug-likeness (QED) is 0.827. The van der Waals surface area contributed by atoms with Crippen LogP contribution in [0.1, 0.15) is 18.4 Å². The Hall–Kier alpha value is -1.81. The number of hydrogen-bond donors (Lipinski definition) is 1. The molecule has 20 heavy (non-hydrogen) atoms. The number of aromatic nitrogens is 2. The zero-order valence-corrected chi connectivity index (χ0v) is 11.8. The van der Waals surface area contributed by atoms with E-state index in [0.29, 0.717) is 17.6 Å². The van der Waals surface area contributed by atoms with Gasteiger partial charge in [-0.2, -0.15) is 0 Å². The number of anilines is 1. The van der Waals surface area contributed by atoms with E-state index in [2.05, 4.69) is 15.3 Å². The SMILES string of the molecule is Clc1cc(NCc2ccc(OCC3CC3)nc2)ccn1. The summed E-state index contributed by atoms with van der Waals surface area (Å²) in [6.07, 6.45) is 6.09. The molecule has 0 spiro atoms. The van der Waals surface area contributed by atoms with Crippen LogP contribution in [0.4, 0.5) is 5.69 Å². The van der Waals surface area contributed by atoms with Crippen molar-refractivity contribution >= 4 is 17.3 Å². The lowest BCUT2D eigenvalue weighted by atomic mass is 10.2. The van der Waals surface area contributed by atoms with Gasteiger partial charge in [0.25, 0.3) is 0 Å². The Morgan fingerprint density at radius 1 is 1.25 bits per heavy atom. The monoisotopic (exact) mass is 289 g/mol. The molecule has 5 heteroatoms. The predicted octanol–water partition coefficient (Wildman–Crippen LogP) is 3.53. The second-order valence-corrected chi connectivity index (χ2v) is 5.37. The van der Waals surface area contributed by atoms with E-state index in [1.807, 2.05) is 24.4 Å². The van der Waals surface area contributed by atoms with Gasteiger partial charge in [0.2, 0.25) is 5.88 Å². The lowest BCUT2D eigenvalue weighted by molar-refractivity contribution is 0.288. The highest BCUT2D eigenvalue weighted by Gasteiger charge is 2.21. The van der Waals surface area contributed by atoms with Gasteiger partial charge in [-0.3, -0.25) is 0 Å². The average molecular weight is 290 g/mol. The lowest BCUT2D eigenvalue weighted by Gasteiger charge is -2.08. The number of pyridine rings is 2. The molecule has 1 fully saturated rings. The smallest absolute Gasteiger partial charge is 0.213 e. The van der Waals surface area contributed by atoms with Crippen LogP contribution in [0, 0.1) is 5.92 Å². The van der Waals surface area contributed by atoms with Gasteiger partial charge in [-0.05, 0) is 36.5 Å². The van der Waals surface area contributed by atoms with Crippen LogP contribution in [0.15, 0.2) is 36.7 Å². The number of nitrogens with one attached hydrogen (secondary N) is 1. The summed E-state index contributed by atoms with van der Waals surface area (Å²) in [4.78, 5) is 8.25. The van der Waals surface area contributed by atoms with Crippen LogP contribution in [-0.4, -0.2) is 16.6 Å². The van der Waals surface area contributed by atoms with Crippen LogP contribution in [-0.2, 0) is 6.54 Å². The molecule has 0 amide bonds. The molecule has 4 nitrogen and oxygen atoms in total. The average Bonchev–Trinajstić information content (AvgIpc) is 3.28. The maximum atomic E-state index is 5.83. The van der Waals surface area contributed by atoms with Gasteiger partial charge in [0.05, 0.1) is 6.61 Å². The van der Waals surface area contributed by atoms with E-state index in [0.717, 1.165) is 23.8 Å². The van der Waals surface area contributed by atoms with Gasteiger partial charge in [0, 0.05) is 30.7 Å². The molecule has 0 aromatic carbocycles. The first kappa shape index (κ1) is 13.2. The molecule has 1 aliphatic rings. The summed E-state index contributed by atoms with van der Waals surface area (Å²) in [5.74, 6) is 1.45. The van der Waals surface area contributed by atoms with Crippen molar-refractivity contribution in [3.8, 4) is 5.88 Å². The molecule has 0 saturated heterocycles. The molecule has 3 rings (SSSR count). The van der Waals surface area contributed by atoms with E-state index in [4.69, 9.17) is 16.3 Å². The minimum atomic E-state index is 0.483. The third-order valence-electron chi connectivity index (χ3n) is 3.18. The third kappa shape index (κ3) is 3.84. The van der Waals surface area contributed by atoms with E-state index < -0.39 is 0 Å². The molecule has 1 aliphatic carbocycles. The number of ether oxygens (including phenoxy) is 1. The molecular weight excluding hydrogens is 274 g/mol. The maximum absolute atomic E-state index is 5.83. The first-order valence-electron chi connectivity index (χ1n) is 6.73. The van der Waals surface area contributed by atoms with E-state index >= 15 is 0 Å². The van der Waals surface area contributed by atoms with E-state index in [-0.39, 0.29) is 0 Å². The fourth-order valence-corrected chi connectivity index (χ4v) is 1.98. The number of nitrogens with zero attached hydrogens (tertiary/aromatic N) is 2. The molecule has 2 heterocycles. The Balaban J connectivity index is 1.52. The summed E-state index contributed by atoms with van der Waals surface area (Å²) in [7, 11) is 0. The van der Waals surface area contributed by atoms with Crippen LogP contribution in [0.25, 0.3) is 0 Å². The summed E-state index contributed by atoms with van der Waals surface area (Å²) in [5, 5.41) is 3.76. The molecule has 2 aromatic heterocycles. The Morgan fingerprint density at radius 2 is 2.15 bits per heavy atom. The zero-order chi connectivity index (χ0) is 13.8. The predicted molar refractivity (Wildman–Crippen MR) is 79.0 cm³/mol. The maximum Gasteiger partial charge on any atom is 0.213 e. The summed E-state index contributed by atoms with van der Waals surface area (Å²) >= 11 is 5.83. The van der Waals surface area contributed by atoms with Crippen LogP contribution < -0.4 is 10.1 Å². The van der Waals surface area contributed by atoms with Crippen molar-refractivity contribution in [2.24, 2.45) is 5.92 Å². The van der Waals surface area contributed by atoms with Crippen molar-refractivity contribution in [1.82, 2.24) is 9.97 Å². The molecule has 104 valence electrons. The molecule has 1 N–H and O–H groups in total. The standard InChI is InChI=1S/C15H16ClN3O/c16-14-7-13(5-6-17-14)18-8-12-3-4-15(19-9-12)20-10-11-1-2-11/h3-7,9,11H,1-2,8,10H2,(H,17,18). The highest BCUT2D eigenvalue weighted by Crippen LogP contribution is 2.29. The Labute approximate surface area is 123 Å². The molecule has 0 bridgehead atoms. The first-order chi connectivity index (χ1) is 9.79. The van der Waals surface area contributed by atoms with Gasteiger partial charge in [0.15, 0.2) is 0 Å². The molecule has 0 unspecified atom stereocenters. The molecule has 0 radical (unpaired) electrons. The normalized spacial score (nSPS) is 14.1. The number of halogens is 1. The Kier molecular flexibility index (Phi) is 4.02. The van der Waals surface area contributed by atoms with Crippen LogP contribution in [0.3, 0.4) is 0 Å². The van der Waals surface area contributed by atoms with Crippen LogP contribution in [0.2, 0.25) is 5.15 Å². The van der Waals surface area contributed by atoms with Crippen molar-refractivity contribution in [2.45, 2.75) is 19.4 Å². The third-order valence-corrected chi connectivity index (χ3v) is 3.39. The Bertz CT molecular complexity index is 570. The van der Waals surface area contributed by atoms with E-state index in [9.17, 15) is 0 Å². The zero-order valence-electron chi connectivity index (χ0n) is 11.1. The minimum Gasteiger partial charge on any atom is -0.477 e. The van der Waals surface area contributed by atoms with Gasteiger partial charge in [-0.15, -0.1) is 0 Å². The van der Waals surface area contributed by atoms with E-state index in [1.54, 1.807) is 12.3 Å². The van der Waals surface area contributed by atoms with Gasteiger partial charge in [-0.1, -0.05) is 17.7 Å². The first-order valence-corrected chi connectivity index (χ1v) is 7.10. The highest BCUT2D eigenvalue weighted by atomic mass is 35.5. The largest absolute Gasteiger partial charge is 0.477 e. The fourth-order valence-electron chi connectivity index (χ4n) is 1.81. The van der Waals surface area contributed by atoms with Crippen molar-refractivity contribution in [3.05, 3.63) is 47.4 Å². The van der Waals surface area contributed by atoms with Gasteiger partial charge >= 0.3 is 0 Å². The Morgan fingerprint density at radius 3 is 2.85 bits per heavy atom. The highest BCUT2D eigenvalue weighted by molar-refractivity contribution is 6.29. The molecular formula is C15H16ClN3O. The number of hydrogen-bond acceptors (Lipinski definition) is 4. The van der Waals surface area contributed by atoms with Crippen LogP contribution >= 0.6 is 11.6 Å². The van der Waals surface area contributed by atoms with Gasteiger partial charge in [0.1, 0.15) is 5.15 Å². The minimum absolute atomic E-state index is 0.483. The molecule has 0 aliphatic heterocycles. The van der Waals surface area contributed by atoms with Crippen molar-refractivity contribution in [3.63, 3.8) is 0 Å². The van der Waals surface area contributed by atoms with Gasteiger partial charge < -0.3 is 10.1 Å². The van der Waals surface area contributed by atoms with E-state index in [1.165, 1.54) is 12.8 Å². The lowest BCUT2D eigenvalue weighted by Crippen LogP contribution is -2.03. The second-order valence-electron chi connectivity index (χ2n) is 4.98. The summed E-state index contributed by atoms with van der Waals surface area (Å²) in [6, 6.07) is 7.61. The molecule has 2 aromatic rings. The van der Waals surface area contributed by atoms with Crippen molar-refractivity contribution < 1.29 is 4.74 Å². The summed E-state index contributed by atoms with van der Waals surface area (Å²) in [5.41, 5.74) is 2.04. The second kappa shape index (κ2) is 6.09. The molecule has 0 atom stereocenters.